The SMILES string of the molecule is CC(C)OC(=O)c1cccc(N2C(=O)C(=O)/C(=C(\O)c3c[nH]c4ccccc34)C2c2ccccc2)c1. The predicted octanol–water partition coefficient (Wildman–Crippen LogP) is 5.36. The highest BCUT2D eigenvalue weighted by molar-refractivity contribution is 6.51. The van der Waals surface area contributed by atoms with Gasteiger partial charge in [-0.25, -0.2) is 4.79 Å². The predicted molar refractivity (Wildman–Crippen MR) is 137 cm³/mol. The third-order valence-electron chi connectivity index (χ3n) is 6.11. The fraction of sp³-hybridized carbons (Fsp3) is 0.138. The van der Waals surface area contributed by atoms with Gasteiger partial charge in [0.2, 0.25) is 0 Å². The van der Waals surface area contributed by atoms with Gasteiger partial charge in [0.1, 0.15) is 5.76 Å². The number of para-hydroxylation sites is 1. The fourth-order valence-corrected chi connectivity index (χ4v) is 4.53. The summed E-state index contributed by atoms with van der Waals surface area (Å²) in [5, 5.41) is 12.1. The van der Waals surface area contributed by atoms with Crippen LogP contribution < -0.4 is 4.90 Å². The van der Waals surface area contributed by atoms with Crippen LogP contribution in [0.2, 0.25) is 0 Å². The van der Waals surface area contributed by atoms with Gasteiger partial charge in [-0.2, -0.15) is 0 Å². The number of esters is 1. The Kier molecular flexibility index (Phi) is 5.90. The molecule has 5 rings (SSSR count). The summed E-state index contributed by atoms with van der Waals surface area (Å²) < 4.78 is 5.30. The molecule has 0 saturated carbocycles. The minimum atomic E-state index is -0.892. The van der Waals surface area contributed by atoms with E-state index in [4.69, 9.17) is 4.74 Å². The van der Waals surface area contributed by atoms with Crippen LogP contribution in [-0.4, -0.2) is 33.9 Å². The zero-order valence-electron chi connectivity index (χ0n) is 19.8. The number of Topliss-reactive ketones (excluding diaryl/α,β-unsaturated/α-hetero) is 1. The summed E-state index contributed by atoms with van der Waals surface area (Å²) >= 11 is 0. The van der Waals surface area contributed by atoms with Gasteiger partial charge in [0.15, 0.2) is 0 Å². The second kappa shape index (κ2) is 9.19. The van der Waals surface area contributed by atoms with Crippen molar-refractivity contribution in [2.45, 2.75) is 26.0 Å². The molecule has 1 aliphatic rings. The molecule has 7 nitrogen and oxygen atoms in total. The standard InChI is InChI=1S/C29H24N2O5/c1-17(2)36-29(35)19-11-8-12-20(15-19)31-25(18-9-4-3-5-10-18)24(27(33)28(31)34)26(32)22-16-30-23-14-7-6-13-21(22)23/h3-17,25,30,32H,1-2H3/b26-24-. The van der Waals surface area contributed by atoms with E-state index in [0.29, 0.717) is 16.8 Å². The van der Waals surface area contributed by atoms with Gasteiger partial charge in [0.05, 0.1) is 23.3 Å². The van der Waals surface area contributed by atoms with E-state index in [2.05, 4.69) is 4.98 Å². The van der Waals surface area contributed by atoms with E-state index >= 15 is 0 Å². The van der Waals surface area contributed by atoms with E-state index in [1.165, 1.54) is 11.0 Å². The lowest BCUT2D eigenvalue weighted by atomic mass is 9.95. The summed E-state index contributed by atoms with van der Waals surface area (Å²) in [7, 11) is 0. The largest absolute Gasteiger partial charge is 0.507 e. The van der Waals surface area contributed by atoms with Gasteiger partial charge >= 0.3 is 5.97 Å². The molecular formula is C29H24N2O5. The maximum Gasteiger partial charge on any atom is 0.338 e. The van der Waals surface area contributed by atoms with E-state index in [-0.39, 0.29) is 23.0 Å². The first kappa shape index (κ1) is 23.1. The maximum absolute atomic E-state index is 13.4. The highest BCUT2D eigenvalue weighted by Crippen LogP contribution is 2.43. The number of anilines is 1. The number of nitrogens with zero attached hydrogens (tertiary/aromatic N) is 1. The Morgan fingerprint density at radius 3 is 2.44 bits per heavy atom. The Morgan fingerprint density at radius 1 is 0.972 bits per heavy atom. The van der Waals surface area contributed by atoms with Crippen molar-refractivity contribution in [3.63, 3.8) is 0 Å². The number of nitrogens with one attached hydrogen (secondary N) is 1. The van der Waals surface area contributed by atoms with Crippen molar-refractivity contribution < 1.29 is 24.2 Å². The second-order valence-electron chi connectivity index (χ2n) is 8.83. The minimum Gasteiger partial charge on any atom is -0.507 e. The summed E-state index contributed by atoms with van der Waals surface area (Å²) in [6, 6.07) is 21.9. The molecular weight excluding hydrogens is 456 g/mol. The van der Waals surface area contributed by atoms with Gasteiger partial charge < -0.3 is 14.8 Å². The number of H-pyrrole nitrogens is 1. The van der Waals surface area contributed by atoms with Crippen molar-refractivity contribution in [3.8, 4) is 0 Å². The number of benzene rings is 3. The third kappa shape index (κ3) is 3.94. The molecule has 0 spiro atoms. The molecule has 1 atom stereocenters. The van der Waals surface area contributed by atoms with Crippen molar-refractivity contribution in [2.24, 2.45) is 0 Å². The Morgan fingerprint density at radius 2 is 1.69 bits per heavy atom. The van der Waals surface area contributed by atoms with Gasteiger partial charge in [-0.05, 0) is 43.7 Å². The normalized spacial score (nSPS) is 17.2. The second-order valence-corrected chi connectivity index (χ2v) is 8.83. The number of ketones is 1. The van der Waals surface area contributed by atoms with Crippen molar-refractivity contribution in [1.82, 2.24) is 4.98 Å². The molecule has 7 heteroatoms. The number of rotatable bonds is 5. The number of hydrogen-bond acceptors (Lipinski definition) is 5. The molecule has 0 aliphatic carbocycles. The highest BCUT2D eigenvalue weighted by atomic mass is 16.5. The quantitative estimate of drug-likeness (QED) is 0.173. The summed E-state index contributed by atoms with van der Waals surface area (Å²) in [6.07, 6.45) is 1.31. The zero-order valence-corrected chi connectivity index (χ0v) is 19.8. The molecule has 1 amide bonds. The van der Waals surface area contributed by atoms with E-state index in [0.717, 1.165) is 10.9 Å². The van der Waals surface area contributed by atoms with Crippen molar-refractivity contribution in [3.05, 3.63) is 107 Å². The molecule has 1 aromatic heterocycles. The molecule has 2 N–H and O–H groups in total. The van der Waals surface area contributed by atoms with Crippen LogP contribution in [-0.2, 0) is 14.3 Å². The number of ether oxygens (including phenoxy) is 1. The summed E-state index contributed by atoms with van der Waals surface area (Å²) in [6.45, 7) is 3.50. The molecule has 3 aromatic carbocycles. The maximum atomic E-state index is 13.4. The number of aliphatic hydroxyl groups excluding tert-OH is 1. The average molecular weight is 481 g/mol. The smallest absolute Gasteiger partial charge is 0.338 e. The molecule has 180 valence electrons. The number of carbonyl (C=O) groups is 3. The van der Waals surface area contributed by atoms with Crippen LogP contribution in [0.3, 0.4) is 0 Å². The minimum absolute atomic E-state index is 0.0221. The van der Waals surface area contributed by atoms with Crippen LogP contribution in [0.15, 0.2) is 90.6 Å². The number of fused-ring (bicyclic) bond motifs is 1. The molecule has 2 heterocycles. The van der Waals surface area contributed by atoms with Crippen molar-refractivity contribution in [1.29, 1.82) is 0 Å². The molecule has 36 heavy (non-hydrogen) atoms. The number of amides is 1. The number of hydrogen-bond donors (Lipinski definition) is 2. The van der Waals surface area contributed by atoms with E-state index in [9.17, 15) is 19.5 Å². The lowest BCUT2D eigenvalue weighted by Crippen LogP contribution is -2.29. The Balaban J connectivity index is 1.68. The van der Waals surface area contributed by atoms with E-state index in [1.54, 1.807) is 62.5 Å². The number of aliphatic hydroxyl groups is 1. The van der Waals surface area contributed by atoms with Gasteiger partial charge in [-0.3, -0.25) is 14.5 Å². The topological polar surface area (TPSA) is 99.7 Å². The van der Waals surface area contributed by atoms with Crippen LogP contribution in [0.25, 0.3) is 16.7 Å². The lowest BCUT2D eigenvalue weighted by Gasteiger charge is -2.25. The van der Waals surface area contributed by atoms with Crippen LogP contribution in [0.5, 0.6) is 0 Å². The molecule has 1 aliphatic heterocycles. The third-order valence-corrected chi connectivity index (χ3v) is 6.11. The molecule has 4 aromatic rings. The zero-order chi connectivity index (χ0) is 25.4. The molecule has 1 saturated heterocycles. The van der Waals surface area contributed by atoms with E-state index in [1.807, 2.05) is 30.3 Å². The molecule has 1 fully saturated rings. The number of aromatic amines is 1. The Labute approximate surface area is 207 Å². The van der Waals surface area contributed by atoms with Crippen molar-refractivity contribution >= 4 is 40.0 Å². The Hall–Kier alpha value is -4.65. The van der Waals surface area contributed by atoms with Gasteiger partial charge in [0, 0.05) is 28.4 Å². The summed E-state index contributed by atoms with van der Waals surface area (Å²) in [5.41, 5.74) is 2.45. The molecule has 0 bridgehead atoms. The van der Waals surface area contributed by atoms with Gasteiger partial charge in [-0.15, -0.1) is 0 Å². The monoisotopic (exact) mass is 480 g/mol. The van der Waals surface area contributed by atoms with E-state index < -0.39 is 23.7 Å². The van der Waals surface area contributed by atoms with Crippen LogP contribution >= 0.6 is 0 Å². The first-order chi connectivity index (χ1) is 17.4. The van der Waals surface area contributed by atoms with Crippen molar-refractivity contribution in [2.75, 3.05) is 4.90 Å². The highest BCUT2D eigenvalue weighted by Gasteiger charge is 2.47. The van der Waals surface area contributed by atoms with Crippen LogP contribution in [0.1, 0.15) is 41.4 Å². The van der Waals surface area contributed by atoms with Crippen LogP contribution in [0.4, 0.5) is 5.69 Å². The number of carbonyl (C=O) groups excluding carboxylic acids is 3. The first-order valence-electron chi connectivity index (χ1n) is 11.6. The lowest BCUT2D eigenvalue weighted by molar-refractivity contribution is -0.132. The summed E-state index contributed by atoms with van der Waals surface area (Å²) in [4.78, 5) is 43.7. The van der Waals surface area contributed by atoms with Gasteiger partial charge in [-0.1, -0.05) is 54.6 Å². The fourth-order valence-electron chi connectivity index (χ4n) is 4.53. The van der Waals surface area contributed by atoms with Gasteiger partial charge in [0.25, 0.3) is 11.7 Å². The first-order valence-corrected chi connectivity index (χ1v) is 11.6. The van der Waals surface area contributed by atoms with Crippen LogP contribution in [0, 0.1) is 0 Å². The molecule has 0 radical (unpaired) electrons. The molecule has 1 unspecified atom stereocenters. The average Bonchev–Trinajstić information content (AvgIpc) is 3.43. The Bertz CT molecular complexity index is 1520. The summed E-state index contributed by atoms with van der Waals surface area (Å²) in [5.74, 6) is -2.39. The number of aromatic nitrogens is 1.